The molecule has 0 radical (unpaired) electrons. The molecule has 0 spiro atoms. The SMILES string of the molecule is CCOC(=O)CC1=CC(SCC(=O)Nc2ccc(OC)c(OC)c2)=Nc2cc(C)c(C)cc2N1. The van der Waals surface area contributed by atoms with Crippen LogP contribution < -0.4 is 20.1 Å². The van der Waals surface area contributed by atoms with Gasteiger partial charge in [0.25, 0.3) is 0 Å². The molecule has 1 heterocycles. The van der Waals surface area contributed by atoms with Gasteiger partial charge in [-0.15, -0.1) is 0 Å². The molecule has 0 bridgehead atoms. The fraction of sp³-hybridized carbons (Fsp3) is 0.320. The van der Waals surface area contributed by atoms with Gasteiger partial charge in [0.2, 0.25) is 5.91 Å². The van der Waals surface area contributed by atoms with E-state index >= 15 is 0 Å². The summed E-state index contributed by atoms with van der Waals surface area (Å²) in [5.74, 6) is 0.720. The van der Waals surface area contributed by atoms with Crippen molar-refractivity contribution in [3.05, 3.63) is 53.2 Å². The van der Waals surface area contributed by atoms with Crippen LogP contribution in [0.5, 0.6) is 11.5 Å². The van der Waals surface area contributed by atoms with Gasteiger partial charge in [0, 0.05) is 17.5 Å². The Morgan fingerprint density at radius 3 is 2.50 bits per heavy atom. The van der Waals surface area contributed by atoms with Crippen LogP contribution in [0.2, 0.25) is 0 Å². The molecule has 1 aliphatic rings. The first-order valence-electron chi connectivity index (χ1n) is 10.8. The maximum absolute atomic E-state index is 12.6. The number of aliphatic imine (C=N–C) groups is 1. The summed E-state index contributed by atoms with van der Waals surface area (Å²) in [6.07, 6.45) is 1.87. The van der Waals surface area contributed by atoms with E-state index in [0.29, 0.717) is 34.5 Å². The van der Waals surface area contributed by atoms with Crippen molar-refractivity contribution in [2.45, 2.75) is 27.2 Å². The van der Waals surface area contributed by atoms with E-state index in [-0.39, 0.29) is 24.1 Å². The molecule has 0 saturated heterocycles. The molecule has 0 aromatic heterocycles. The molecule has 0 atom stereocenters. The number of anilines is 2. The van der Waals surface area contributed by atoms with Crippen LogP contribution in [0.4, 0.5) is 17.1 Å². The highest BCUT2D eigenvalue weighted by Gasteiger charge is 2.17. The fourth-order valence-corrected chi connectivity index (χ4v) is 4.03. The third-order valence-corrected chi connectivity index (χ3v) is 6.01. The van der Waals surface area contributed by atoms with Gasteiger partial charge in [0.1, 0.15) is 0 Å². The summed E-state index contributed by atoms with van der Waals surface area (Å²) in [6, 6.07) is 9.17. The standard InChI is InChI=1S/C25H29N3O5S/c1-6-33-25(30)13-18-12-24(28-20-10-16(3)15(2)9-19(20)26-18)34-14-23(29)27-17-7-8-21(31-4)22(11-17)32-5/h7-12,26H,6,13-14H2,1-5H3,(H,27,29). The normalized spacial score (nSPS) is 12.4. The fourth-order valence-electron chi connectivity index (χ4n) is 3.29. The van der Waals surface area contributed by atoms with Crippen LogP contribution in [0.15, 0.2) is 47.1 Å². The Labute approximate surface area is 203 Å². The second kappa shape index (κ2) is 11.6. The van der Waals surface area contributed by atoms with Crippen LogP contribution in [0, 0.1) is 13.8 Å². The number of methoxy groups -OCH3 is 2. The van der Waals surface area contributed by atoms with Crippen LogP contribution in [0.25, 0.3) is 0 Å². The molecule has 8 nitrogen and oxygen atoms in total. The average Bonchev–Trinajstić information content (AvgIpc) is 2.96. The highest BCUT2D eigenvalue weighted by molar-refractivity contribution is 8.14. The lowest BCUT2D eigenvalue weighted by Crippen LogP contribution is -2.15. The van der Waals surface area contributed by atoms with Gasteiger partial charge in [-0.3, -0.25) is 9.59 Å². The van der Waals surface area contributed by atoms with E-state index in [1.165, 1.54) is 11.8 Å². The van der Waals surface area contributed by atoms with Crippen LogP contribution in [0.3, 0.4) is 0 Å². The molecule has 1 aliphatic heterocycles. The van der Waals surface area contributed by atoms with E-state index < -0.39 is 0 Å². The largest absolute Gasteiger partial charge is 0.493 e. The smallest absolute Gasteiger partial charge is 0.311 e. The lowest BCUT2D eigenvalue weighted by atomic mass is 10.1. The second-order valence-electron chi connectivity index (χ2n) is 7.59. The molecule has 34 heavy (non-hydrogen) atoms. The molecule has 2 N–H and O–H groups in total. The Morgan fingerprint density at radius 2 is 1.79 bits per heavy atom. The minimum absolute atomic E-state index is 0.0810. The summed E-state index contributed by atoms with van der Waals surface area (Å²) in [6.45, 7) is 6.13. The predicted molar refractivity (Wildman–Crippen MR) is 137 cm³/mol. The highest BCUT2D eigenvalue weighted by Crippen LogP contribution is 2.34. The summed E-state index contributed by atoms with van der Waals surface area (Å²) in [7, 11) is 3.10. The van der Waals surface area contributed by atoms with Crippen molar-refractivity contribution in [3.8, 4) is 11.5 Å². The lowest BCUT2D eigenvalue weighted by Gasteiger charge is -2.12. The number of amides is 1. The number of aryl methyl sites for hydroxylation is 2. The maximum atomic E-state index is 12.6. The zero-order valence-corrected chi connectivity index (χ0v) is 20.8. The molecule has 0 saturated carbocycles. The van der Waals surface area contributed by atoms with Crippen LogP contribution >= 0.6 is 11.8 Å². The number of ether oxygens (including phenoxy) is 3. The van der Waals surface area contributed by atoms with Crippen molar-refractivity contribution in [3.63, 3.8) is 0 Å². The van der Waals surface area contributed by atoms with E-state index in [1.54, 1.807) is 45.4 Å². The number of carbonyl (C=O) groups is 2. The van der Waals surface area contributed by atoms with Crippen molar-refractivity contribution in [1.82, 2.24) is 0 Å². The Kier molecular flexibility index (Phi) is 8.59. The number of esters is 1. The quantitative estimate of drug-likeness (QED) is 0.511. The molecule has 9 heteroatoms. The van der Waals surface area contributed by atoms with Crippen LogP contribution in [0.1, 0.15) is 24.5 Å². The van der Waals surface area contributed by atoms with Gasteiger partial charge in [-0.25, -0.2) is 4.99 Å². The lowest BCUT2D eigenvalue weighted by molar-refractivity contribution is -0.142. The number of carbonyl (C=O) groups excluding carboxylic acids is 2. The summed E-state index contributed by atoms with van der Waals surface area (Å²) < 4.78 is 15.6. The second-order valence-corrected chi connectivity index (χ2v) is 8.58. The van der Waals surface area contributed by atoms with Crippen molar-refractivity contribution in [2.75, 3.05) is 37.2 Å². The zero-order valence-electron chi connectivity index (χ0n) is 20.0. The van der Waals surface area contributed by atoms with Gasteiger partial charge in [0.05, 0.1) is 49.4 Å². The Bertz CT molecular complexity index is 1140. The summed E-state index contributed by atoms with van der Waals surface area (Å²) in [4.78, 5) is 29.5. The minimum Gasteiger partial charge on any atom is -0.493 e. The number of fused-ring (bicyclic) bond motifs is 1. The van der Waals surface area contributed by atoms with Crippen LogP contribution in [-0.4, -0.2) is 43.5 Å². The minimum atomic E-state index is -0.330. The number of thioether (sulfide) groups is 1. The maximum Gasteiger partial charge on any atom is 0.311 e. The van der Waals surface area contributed by atoms with Crippen molar-refractivity contribution >= 4 is 45.7 Å². The molecule has 2 aromatic carbocycles. The Morgan fingerprint density at radius 1 is 1.06 bits per heavy atom. The van der Waals surface area contributed by atoms with E-state index in [1.807, 2.05) is 26.0 Å². The first kappa shape index (κ1) is 25.2. The Hall–Kier alpha value is -3.46. The summed E-state index contributed by atoms with van der Waals surface area (Å²) in [5.41, 5.74) is 5.04. The predicted octanol–water partition coefficient (Wildman–Crippen LogP) is 4.99. The van der Waals surface area contributed by atoms with E-state index in [0.717, 1.165) is 22.5 Å². The van der Waals surface area contributed by atoms with Crippen LogP contribution in [-0.2, 0) is 14.3 Å². The molecule has 3 rings (SSSR count). The molecule has 180 valence electrons. The number of nitrogens with one attached hydrogen (secondary N) is 2. The first-order valence-corrected chi connectivity index (χ1v) is 11.8. The third kappa shape index (κ3) is 6.54. The number of benzene rings is 2. The summed E-state index contributed by atoms with van der Waals surface area (Å²) in [5, 5.41) is 6.78. The van der Waals surface area contributed by atoms with E-state index in [9.17, 15) is 9.59 Å². The molecule has 0 fully saturated rings. The number of rotatable bonds is 8. The van der Waals surface area contributed by atoms with Gasteiger partial charge in [-0.1, -0.05) is 11.8 Å². The monoisotopic (exact) mass is 483 g/mol. The van der Waals surface area contributed by atoms with Gasteiger partial charge in [-0.2, -0.15) is 0 Å². The molecule has 1 amide bonds. The molecule has 0 aliphatic carbocycles. The van der Waals surface area contributed by atoms with Crippen molar-refractivity contribution in [1.29, 1.82) is 0 Å². The zero-order chi connectivity index (χ0) is 24.7. The number of hydrogen-bond acceptors (Lipinski definition) is 8. The van der Waals surface area contributed by atoms with Gasteiger partial charge >= 0.3 is 5.97 Å². The van der Waals surface area contributed by atoms with Gasteiger partial charge in [0.15, 0.2) is 11.5 Å². The highest BCUT2D eigenvalue weighted by atomic mass is 32.2. The van der Waals surface area contributed by atoms with Gasteiger partial charge < -0.3 is 24.8 Å². The van der Waals surface area contributed by atoms with E-state index in [2.05, 4.69) is 10.6 Å². The molecular weight excluding hydrogens is 454 g/mol. The Balaban J connectivity index is 1.77. The number of nitrogens with zero attached hydrogens (tertiary/aromatic N) is 1. The average molecular weight is 484 g/mol. The third-order valence-electron chi connectivity index (χ3n) is 5.09. The molecule has 0 unspecified atom stereocenters. The molecule has 2 aromatic rings. The van der Waals surface area contributed by atoms with E-state index in [4.69, 9.17) is 19.2 Å². The first-order chi connectivity index (χ1) is 16.3. The van der Waals surface area contributed by atoms with Crippen molar-refractivity contribution < 1.29 is 23.8 Å². The molecular formula is C25H29N3O5S. The van der Waals surface area contributed by atoms with Gasteiger partial charge in [-0.05, 0) is 62.2 Å². The topological polar surface area (TPSA) is 98.3 Å². The number of hydrogen-bond donors (Lipinski definition) is 2. The summed E-state index contributed by atoms with van der Waals surface area (Å²) >= 11 is 1.29. The van der Waals surface area contributed by atoms with Crippen molar-refractivity contribution in [2.24, 2.45) is 4.99 Å².